The van der Waals surface area contributed by atoms with E-state index in [0.29, 0.717) is 33.7 Å². The summed E-state index contributed by atoms with van der Waals surface area (Å²) in [6.45, 7) is 2.64. The number of ether oxygens (including phenoxy) is 1. The lowest BCUT2D eigenvalue weighted by atomic mass is 10.1. The van der Waals surface area contributed by atoms with E-state index in [1.165, 1.54) is 22.3 Å². The van der Waals surface area contributed by atoms with Crippen molar-refractivity contribution in [2.24, 2.45) is 0 Å². The number of hydrogen-bond donors (Lipinski definition) is 1. The first-order chi connectivity index (χ1) is 11.0. The van der Waals surface area contributed by atoms with Gasteiger partial charge in [-0.05, 0) is 24.6 Å². The number of fused-ring (bicyclic) bond motifs is 1. The van der Waals surface area contributed by atoms with E-state index in [-0.39, 0.29) is 24.8 Å². The number of carboxylic acid groups (broad SMARTS) is 1. The Morgan fingerprint density at radius 1 is 1.48 bits per heavy atom. The third-order valence-corrected chi connectivity index (χ3v) is 5.24. The minimum atomic E-state index is -0.975. The van der Waals surface area contributed by atoms with Crippen LogP contribution in [0.2, 0.25) is 0 Å². The summed E-state index contributed by atoms with van der Waals surface area (Å²) in [4.78, 5) is 25.8. The van der Waals surface area contributed by atoms with Gasteiger partial charge >= 0.3 is 5.97 Å². The maximum atomic E-state index is 14.0. The average Bonchev–Trinajstić information content (AvgIpc) is 2.85. The zero-order valence-electron chi connectivity index (χ0n) is 12.5. The molecule has 0 radical (unpaired) electrons. The topological polar surface area (TPSA) is 66.8 Å². The maximum Gasteiger partial charge on any atom is 0.305 e. The number of carbonyl (C=O) groups is 2. The highest BCUT2D eigenvalue weighted by atomic mass is 32.1. The number of hydrogen-bond acceptors (Lipinski definition) is 4. The lowest BCUT2D eigenvalue weighted by Gasteiger charge is -2.34. The van der Waals surface area contributed by atoms with Crippen LogP contribution in [0.25, 0.3) is 10.1 Å². The van der Waals surface area contributed by atoms with Gasteiger partial charge in [0.2, 0.25) is 0 Å². The van der Waals surface area contributed by atoms with Crippen molar-refractivity contribution in [2.45, 2.75) is 19.4 Å². The molecule has 7 heteroatoms. The first-order valence-electron chi connectivity index (χ1n) is 7.27. The summed E-state index contributed by atoms with van der Waals surface area (Å²) in [7, 11) is 0. The van der Waals surface area contributed by atoms with Gasteiger partial charge in [-0.2, -0.15) is 0 Å². The number of halogens is 1. The minimum Gasteiger partial charge on any atom is -0.481 e. The molecule has 1 aromatic heterocycles. The first-order valence-corrected chi connectivity index (χ1v) is 8.09. The summed E-state index contributed by atoms with van der Waals surface area (Å²) < 4.78 is 20.0. The zero-order valence-corrected chi connectivity index (χ0v) is 13.4. The quantitative estimate of drug-likeness (QED) is 0.935. The first kappa shape index (κ1) is 15.9. The van der Waals surface area contributed by atoms with Gasteiger partial charge in [-0.1, -0.05) is 6.07 Å². The van der Waals surface area contributed by atoms with Crippen molar-refractivity contribution < 1.29 is 23.8 Å². The fraction of sp³-hybridized carbons (Fsp3) is 0.375. The van der Waals surface area contributed by atoms with Crippen LogP contribution in [0, 0.1) is 12.7 Å². The second kappa shape index (κ2) is 6.25. The Balaban J connectivity index is 1.97. The summed E-state index contributed by atoms with van der Waals surface area (Å²) in [6, 6.07) is 4.27. The molecule has 0 bridgehead atoms. The lowest BCUT2D eigenvalue weighted by Crippen LogP contribution is -2.49. The van der Waals surface area contributed by atoms with Crippen LogP contribution < -0.4 is 0 Å². The Labute approximate surface area is 136 Å². The van der Waals surface area contributed by atoms with Gasteiger partial charge in [0.05, 0.1) is 30.6 Å². The van der Waals surface area contributed by atoms with Crippen molar-refractivity contribution in [1.29, 1.82) is 0 Å². The van der Waals surface area contributed by atoms with Gasteiger partial charge in [-0.3, -0.25) is 9.59 Å². The molecular formula is C16H16FNO4S. The minimum absolute atomic E-state index is 0.163. The number of thiophene rings is 1. The smallest absolute Gasteiger partial charge is 0.305 e. The number of aryl methyl sites for hydroxylation is 1. The van der Waals surface area contributed by atoms with Gasteiger partial charge in [0, 0.05) is 16.6 Å². The fourth-order valence-corrected chi connectivity index (χ4v) is 4.06. The molecule has 1 atom stereocenters. The second-order valence-electron chi connectivity index (χ2n) is 5.49. The van der Waals surface area contributed by atoms with Gasteiger partial charge in [-0.25, -0.2) is 4.39 Å². The van der Waals surface area contributed by atoms with Crippen LogP contribution in [-0.4, -0.2) is 47.7 Å². The van der Waals surface area contributed by atoms with E-state index in [2.05, 4.69) is 0 Å². The predicted molar refractivity (Wildman–Crippen MR) is 84.4 cm³/mol. The third kappa shape index (κ3) is 2.94. The third-order valence-electron chi connectivity index (χ3n) is 4.00. The number of morpholine rings is 1. The van der Waals surface area contributed by atoms with Crippen LogP contribution in [0.4, 0.5) is 4.39 Å². The van der Waals surface area contributed by atoms with E-state index in [9.17, 15) is 14.0 Å². The van der Waals surface area contributed by atoms with E-state index in [0.717, 1.165) is 0 Å². The number of nitrogens with zero attached hydrogens (tertiary/aromatic N) is 1. The van der Waals surface area contributed by atoms with E-state index >= 15 is 0 Å². The van der Waals surface area contributed by atoms with Crippen molar-refractivity contribution in [1.82, 2.24) is 4.90 Å². The average molecular weight is 337 g/mol. The molecule has 0 aliphatic carbocycles. The molecule has 2 heterocycles. The molecule has 1 fully saturated rings. The van der Waals surface area contributed by atoms with Gasteiger partial charge in [0.25, 0.3) is 5.91 Å². The molecule has 1 aromatic carbocycles. The van der Waals surface area contributed by atoms with Crippen molar-refractivity contribution in [2.75, 3.05) is 19.8 Å². The molecule has 1 saturated heterocycles. The van der Waals surface area contributed by atoms with Gasteiger partial charge in [-0.15, -0.1) is 11.3 Å². The highest BCUT2D eigenvalue weighted by Gasteiger charge is 2.32. The molecule has 1 unspecified atom stereocenters. The molecule has 1 amide bonds. The molecule has 3 rings (SSSR count). The summed E-state index contributed by atoms with van der Waals surface area (Å²) in [6.07, 6.45) is -0.163. The van der Waals surface area contributed by atoms with Gasteiger partial charge in [0.1, 0.15) is 5.82 Å². The summed E-state index contributed by atoms with van der Waals surface area (Å²) in [5.41, 5.74) is 0.605. The molecular weight excluding hydrogens is 321 g/mol. The number of aliphatic carboxylic acids is 1. The highest BCUT2D eigenvalue weighted by molar-refractivity contribution is 7.21. The summed E-state index contributed by atoms with van der Waals surface area (Å²) in [5.74, 6) is -1.57. The van der Waals surface area contributed by atoms with E-state index < -0.39 is 12.0 Å². The van der Waals surface area contributed by atoms with Crippen molar-refractivity contribution >= 4 is 33.3 Å². The predicted octanol–water partition coefficient (Wildman–Crippen LogP) is 2.66. The number of carboxylic acids is 1. The molecule has 1 aliphatic heterocycles. The molecule has 0 saturated carbocycles. The second-order valence-corrected chi connectivity index (χ2v) is 6.55. The zero-order chi connectivity index (χ0) is 16.6. The van der Waals surface area contributed by atoms with Crippen LogP contribution in [0.15, 0.2) is 18.2 Å². The van der Waals surface area contributed by atoms with Crippen LogP contribution in [0.3, 0.4) is 0 Å². The molecule has 23 heavy (non-hydrogen) atoms. The van der Waals surface area contributed by atoms with Crippen LogP contribution in [0.5, 0.6) is 0 Å². The summed E-state index contributed by atoms with van der Waals surface area (Å²) in [5, 5.41) is 9.46. The molecule has 122 valence electrons. The van der Waals surface area contributed by atoms with Gasteiger partial charge in [0.15, 0.2) is 0 Å². The fourth-order valence-electron chi connectivity index (χ4n) is 2.88. The van der Waals surface area contributed by atoms with Crippen LogP contribution >= 0.6 is 11.3 Å². The monoisotopic (exact) mass is 337 g/mol. The molecule has 1 aliphatic rings. The maximum absolute atomic E-state index is 14.0. The largest absolute Gasteiger partial charge is 0.481 e. The Kier molecular flexibility index (Phi) is 4.32. The molecule has 5 nitrogen and oxygen atoms in total. The van der Waals surface area contributed by atoms with Gasteiger partial charge < -0.3 is 14.7 Å². The van der Waals surface area contributed by atoms with E-state index in [1.807, 2.05) is 0 Å². The number of benzene rings is 1. The number of rotatable bonds is 3. The Hall–Kier alpha value is -1.99. The lowest BCUT2D eigenvalue weighted by molar-refractivity contribution is -0.139. The van der Waals surface area contributed by atoms with Crippen molar-refractivity contribution in [3.8, 4) is 0 Å². The van der Waals surface area contributed by atoms with E-state index in [4.69, 9.17) is 9.84 Å². The Bertz CT molecular complexity index is 773. The van der Waals surface area contributed by atoms with Crippen LogP contribution in [-0.2, 0) is 9.53 Å². The highest BCUT2D eigenvalue weighted by Crippen LogP contribution is 2.34. The molecule has 0 spiro atoms. The number of amides is 1. The SMILES string of the molecule is Cc1c(C(=O)N2CCOCC2CC(=O)O)sc2cccc(F)c12. The number of carbonyl (C=O) groups excluding carboxylic acids is 1. The molecule has 2 aromatic rings. The van der Waals surface area contributed by atoms with Crippen molar-refractivity contribution in [3.63, 3.8) is 0 Å². The Morgan fingerprint density at radius 2 is 2.26 bits per heavy atom. The normalized spacial score (nSPS) is 18.3. The molecule has 1 N–H and O–H groups in total. The van der Waals surface area contributed by atoms with Crippen LogP contribution in [0.1, 0.15) is 21.7 Å². The standard InChI is InChI=1S/C16H16FNO4S/c1-9-14-11(17)3-2-4-12(14)23-15(9)16(21)18-5-6-22-8-10(18)7-13(19)20/h2-4,10H,5-8H2,1H3,(H,19,20). The Morgan fingerprint density at radius 3 is 2.96 bits per heavy atom. The van der Waals surface area contributed by atoms with Crippen molar-refractivity contribution in [3.05, 3.63) is 34.5 Å². The summed E-state index contributed by atoms with van der Waals surface area (Å²) >= 11 is 1.24. The van der Waals surface area contributed by atoms with E-state index in [1.54, 1.807) is 19.1 Å².